The molecule has 3 amide bonds. The zero-order chi connectivity index (χ0) is 9.86. The molecule has 0 aliphatic rings. The fraction of sp³-hybridized carbons (Fsp3) is 0. The van der Waals surface area contributed by atoms with Crippen LogP contribution in [0, 0.1) is 0 Å². The van der Waals surface area contributed by atoms with Crippen LogP contribution in [0.25, 0.3) is 0 Å². The zero-order valence-corrected chi connectivity index (χ0v) is 6.98. The van der Waals surface area contributed by atoms with E-state index in [0.717, 1.165) is 0 Å². The topological polar surface area (TPSA) is 241 Å². The monoisotopic (exact) mass is 199 g/mol. The van der Waals surface area contributed by atoms with Crippen molar-refractivity contribution in [2.75, 3.05) is 0 Å². The van der Waals surface area contributed by atoms with Gasteiger partial charge < -0.3 is 39.4 Å². The van der Waals surface area contributed by atoms with Crippen LogP contribution in [0.15, 0.2) is 0 Å². The standard InChI is InChI=1S/CH4N2O.CH3NO2.CO2.2H3N/c2*2-1(3)4;2-1-3;;/h(H4,2,3,4);2H2,(H,3,4);;2*1H3. The van der Waals surface area contributed by atoms with E-state index in [-0.39, 0.29) is 18.5 Å². The molecule has 0 bridgehead atoms. The van der Waals surface area contributed by atoms with Gasteiger partial charge in [0.1, 0.15) is 6.09 Å². The largest absolute Gasteiger partial charge is 0.530 e. The Kier molecular flexibility index (Phi) is 77.7. The average molecular weight is 199 g/mol. The summed E-state index contributed by atoms with van der Waals surface area (Å²) in [6, 6.07) is -0.833. The first kappa shape index (κ1) is 30.8. The number of hydrogen-bond donors (Lipinski definition) is 5. The van der Waals surface area contributed by atoms with Crippen molar-refractivity contribution in [3.8, 4) is 0 Å². The minimum atomic E-state index is -1.58. The number of hydrogen-bond acceptors (Lipinski definition) is 6. The van der Waals surface area contributed by atoms with Gasteiger partial charge in [0.25, 0.3) is 0 Å². The van der Waals surface area contributed by atoms with E-state index in [1.165, 1.54) is 0 Å². The lowest BCUT2D eigenvalue weighted by Gasteiger charge is -1.78. The highest BCUT2D eigenvalue weighted by atomic mass is 16.4. The molecule has 10 nitrogen and oxygen atoms in total. The summed E-state index contributed by atoms with van der Waals surface area (Å²) < 4.78 is 0. The van der Waals surface area contributed by atoms with Crippen LogP contribution in [0.4, 0.5) is 9.59 Å². The summed E-state index contributed by atoms with van der Waals surface area (Å²) in [7, 11) is 0. The number of carboxylic acid groups (broad SMARTS) is 1. The summed E-state index contributed by atoms with van der Waals surface area (Å²) >= 11 is 0. The van der Waals surface area contributed by atoms with E-state index < -0.39 is 12.1 Å². The molecule has 80 valence electrons. The maximum atomic E-state index is 9.00. The third-order valence-electron chi connectivity index (χ3n) is 0. The van der Waals surface area contributed by atoms with Crippen LogP contribution in [0.3, 0.4) is 0 Å². The van der Waals surface area contributed by atoms with Gasteiger partial charge in [0, 0.05) is 0 Å². The molecule has 0 aromatic rings. The second-order valence-corrected chi connectivity index (χ2v) is 0.805. The smallest absolute Gasteiger partial charge is 0.373 e. The fourth-order valence-electron chi connectivity index (χ4n) is 0. The van der Waals surface area contributed by atoms with E-state index in [0.29, 0.717) is 0 Å². The molecule has 0 aromatic heterocycles. The highest BCUT2D eigenvalue weighted by Crippen LogP contribution is 1.25. The fourth-order valence-corrected chi connectivity index (χ4v) is 0. The first-order chi connectivity index (χ1) is 4.88. The van der Waals surface area contributed by atoms with Crippen LogP contribution in [0.2, 0.25) is 0 Å². The summed E-state index contributed by atoms with van der Waals surface area (Å²) in [5.74, 6) is 0. The number of nitrogens with two attached hydrogens (primary N) is 3. The molecule has 0 aliphatic carbocycles. The Bertz CT molecular complexity index is 132. The Labute approximate surface area is 73.2 Å². The normalized spacial score (nSPS) is 4.31. The van der Waals surface area contributed by atoms with Gasteiger partial charge in [-0.25, -0.2) is 4.79 Å². The van der Waals surface area contributed by atoms with E-state index in [9.17, 15) is 0 Å². The molecule has 0 spiro atoms. The first-order valence-electron chi connectivity index (χ1n) is 1.89. The molecule has 0 radical (unpaired) electrons. The van der Waals surface area contributed by atoms with Crippen molar-refractivity contribution in [1.82, 2.24) is 12.3 Å². The number of quaternary nitrogens is 1. The Balaban J connectivity index is -0.0000000231. The molecule has 0 heterocycles. The van der Waals surface area contributed by atoms with Crippen molar-refractivity contribution >= 4 is 18.3 Å². The SMILES string of the molecule is N.NC(=O)[O-].NC(N)=O.O=C=O.[NH4+]. The summed E-state index contributed by atoms with van der Waals surface area (Å²) in [6.45, 7) is 0. The van der Waals surface area contributed by atoms with Gasteiger partial charge >= 0.3 is 12.2 Å². The van der Waals surface area contributed by atoms with Gasteiger partial charge in [0.2, 0.25) is 0 Å². The maximum Gasteiger partial charge on any atom is 0.373 e. The third-order valence-corrected chi connectivity index (χ3v) is 0. The predicted molar refractivity (Wildman–Crippen MR) is 39.4 cm³/mol. The molecule has 0 aromatic carbocycles. The number of amides is 3. The first-order valence-corrected chi connectivity index (χ1v) is 1.89. The van der Waals surface area contributed by atoms with Gasteiger partial charge in [-0.2, -0.15) is 9.59 Å². The van der Waals surface area contributed by atoms with E-state index in [2.05, 4.69) is 17.2 Å². The van der Waals surface area contributed by atoms with Crippen molar-refractivity contribution in [3.05, 3.63) is 0 Å². The molecule has 0 saturated heterocycles. The lowest BCUT2D eigenvalue weighted by Crippen LogP contribution is -2.29. The van der Waals surface area contributed by atoms with Gasteiger partial charge in [-0.05, 0) is 0 Å². The Hall–Kier alpha value is -2.16. The Morgan fingerprint density at radius 2 is 1.08 bits per heavy atom. The van der Waals surface area contributed by atoms with Crippen molar-refractivity contribution in [2.24, 2.45) is 17.2 Å². The molecule has 0 fully saturated rings. The number of carbonyl (C=O) groups is 2. The van der Waals surface area contributed by atoms with Gasteiger partial charge in [0.05, 0.1) is 0 Å². The van der Waals surface area contributed by atoms with E-state index in [1.807, 2.05) is 0 Å². The van der Waals surface area contributed by atoms with Crippen LogP contribution >= 0.6 is 0 Å². The van der Waals surface area contributed by atoms with Crippen LogP contribution in [0.5, 0.6) is 0 Å². The molecule has 0 atom stereocenters. The van der Waals surface area contributed by atoms with Gasteiger partial charge in [-0.15, -0.1) is 0 Å². The predicted octanol–water partition coefficient (Wildman–Crippen LogP) is -2.73. The van der Waals surface area contributed by atoms with Crippen LogP contribution in [-0.4, -0.2) is 18.3 Å². The molecule has 13 heavy (non-hydrogen) atoms. The van der Waals surface area contributed by atoms with Gasteiger partial charge in [0.15, 0.2) is 0 Å². The van der Waals surface area contributed by atoms with E-state index in [1.54, 1.807) is 0 Å². The highest BCUT2D eigenvalue weighted by Gasteiger charge is 1.60. The molecule has 0 rings (SSSR count). The molecular formula is C3H13N5O5. The molecule has 0 saturated carbocycles. The van der Waals surface area contributed by atoms with Gasteiger partial charge in [-0.3, -0.25) is 0 Å². The number of rotatable bonds is 0. The second-order valence-electron chi connectivity index (χ2n) is 0.805. The van der Waals surface area contributed by atoms with Crippen LogP contribution < -0.4 is 34.6 Å². The number of urea groups is 1. The van der Waals surface area contributed by atoms with Crippen molar-refractivity contribution in [3.63, 3.8) is 0 Å². The molecule has 0 unspecified atom stereocenters. The Morgan fingerprint density at radius 1 is 1.08 bits per heavy atom. The van der Waals surface area contributed by atoms with E-state index in [4.69, 9.17) is 24.3 Å². The Morgan fingerprint density at radius 3 is 1.08 bits per heavy atom. The summed E-state index contributed by atoms with van der Waals surface area (Å²) in [4.78, 5) is 33.9. The molecule has 13 N–H and O–H groups in total. The average Bonchev–Trinajstić information content (AvgIpc) is 1.60. The molecular weight excluding hydrogens is 186 g/mol. The van der Waals surface area contributed by atoms with Crippen molar-refractivity contribution in [1.29, 1.82) is 0 Å². The summed E-state index contributed by atoms with van der Waals surface area (Å²) in [5, 5.41) is 8.67. The summed E-state index contributed by atoms with van der Waals surface area (Å²) in [6.07, 6.45) is -1.33. The third kappa shape index (κ3) is 130. The highest BCUT2D eigenvalue weighted by molar-refractivity contribution is 5.69. The number of primary amides is 3. The zero-order valence-electron chi connectivity index (χ0n) is 6.98. The van der Waals surface area contributed by atoms with E-state index >= 15 is 0 Å². The minimum absolute atomic E-state index is 0. The number of carbonyl (C=O) groups excluding carboxylic acids is 4. The quantitative estimate of drug-likeness (QED) is 0.276. The second kappa shape index (κ2) is 32.8. The van der Waals surface area contributed by atoms with Crippen LogP contribution in [0.1, 0.15) is 0 Å². The molecule has 0 aliphatic heterocycles. The molecule has 10 heteroatoms. The van der Waals surface area contributed by atoms with Crippen molar-refractivity contribution < 1.29 is 24.3 Å². The minimum Gasteiger partial charge on any atom is -0.530 e. The lowest BCUT2D eigenvalue weighted by atomic mass is 11.2. The summed E-state index contributed by atoms with van der Waals surface area (Å²) in [5.41, 5.74) is 12.4. The van der Waals surface area contributed by atoms with Crippen molar-refractivity contribution in [2.45, 2.75) is 0 Å². The van der Waals surface area contributed by atoms with Gasteiger partial charge in [-0.1, -0.05) is 0 Å². The lowest BCUT2D eigenvalue weighted by molar-refractivity contribution is -0.245. The van der Waals surface area contributed by atoms with Crippen LogP contribution in [-0.2, 0) is 9.59 Å². The maximum absolute atomic E-state index is 9.00.